The minimum absolute atomic E-state index is 0.172. The maximum absolute atomic E-state index is 11.4. The molecule has 0 aliphatic heterocycles. The molecular formula is C18H21NO3. The molecule has 0 bridgehead atoms. The molecule has 0 aliphatic rings. The summed E-state index contributed by atoms with van der Waals surface area (Å²) in [6.45, 7) is 4.15. The number of hydrogen-bond acceptors (Lipinski definition) is 4. The predicted molar refractivity (Wildman–Crippen MR) is 85.9 cm³/mol. The Balaban J connectivity index is 2.01. The van der Waals surface area contributed by atoms with Crippen molar-refractivity contribution >= 4 is 5.97 Å². The first kappa shape index (κ1) is 16.0. The molecule has 1 atom stereocenters. The lowest BCUT2D eigenvalue weighted by Gasteiger charge is -2.13. The van der Waals surface area contributed by atoms with Crippen LogP contribution in [-0.2, 0) is 9.53 Å². The van der Waals surface area contributed by atoms with Crippen LogP contribution in [0.3, 0.4) is 0 Å². The Hall–Kier alpha value is -2.33. The van der Waals surface area contributed by atoms with E-state index in [1.807, 2.05) is 55.5 Å². The van der Waals surface area contributed by atoms with E-state index in [1.54, 1.807) is 6.92 Å². The molecule has 22 heavy (non-hydrogen) atoms. The van der Waals surface area contributed by atoms with E-state index in [0.717, 1.165) is 22.6 Å². The highest BCUT2D eigenvalue weighted by Gasteiger charge is 2.12. The van der Waals surface area contributed by atoms with Crippen LogP contribution in [-0.4, -0.2) is 12.6 Å². The number of nitrogens with two attached hydrogens (primary N) is 1. The van der Waals surface area contributed by atoms with Gasteiger partial charge in [-0.3, -0.25) is 4.79 Å². The van der Waals surface area contributed by atoms with Gasteiger partial charge in [0.1, 0.15) is 11.5 Å². The molecule has 4 heteroatoms. The predicted octanol–water partition coefficient (Wildman–Crippen LogP) is 3.74. The molecule has 0 radical (unpaired) electrons. The molecule has 116 valence electrons. The SMILES string of the molecule is CCOC(=O)CC(N)c1ccc(Oc2ccccc2C)cc1. The van der Waals surface area contributed by atoms with Crippen molar-refractivity contribution < 1.29 is 14.3 Å². The third kappa shape index (κ3) is 4.33. The van der Waals surface area contributed by atoms with Crippen molar-refractivity contribution in [2.75, 3.05) is 6.61 Å². The van der Waals surface area contributed by atoms with Crippen molar-refractivity contribution in [1.29, 1.82) is 0 Å². The smallest absolute Gasteiger partial charge is 0.307 e. The summed E-state index contributed by atoms with van der Waals surface area (Å²) in [5.41, 5.74) is 7.97. The fourth-order valence-corrected chi connectivity index (χ4v) is 2.10. The number of hydrogen-bond donors (Lipinski definition) is 1. The number of carbonyl (C=O) groups excluding carboxylic acids is 1. The maximum atomic E-state index is 11.4. The van der Waals surface area contributed by atoms with E-state index in [-0.39, 0.29) is 18.4 Å². The fourth-order valence-electron chi connectivity index (χ4n) is 2.10. The van der Waals surface area contributed by atoms with Crippen molar-refractivity contribution in [3.63, 3.8) is 0 Å². The Bertz CT molecular complexity index is 622. The molecule has 2 aromatic carbocycles. The van der Waals surface area contributed by atoms with Gasteiger partial charge in [0.15, 0.2) is 0 Å². The molecule has 0 aliphatic carbocycles. The Morgan fingerprint density at radius 1 is 1.14 bits per heavy atom. The maximum Gasteiger partial charge on any atom is 0.307 e. The zero-order chi connectivity index (χ0) is 15.9. The minimum Gasteiger partial charge on any atom is -0.466 e. The Morgan fingerprint density at radius 3 is 2.45 bits per heavy atom. The molecule has 2 rings (SSSR count). The highest BCUT2D eigenvalue weighted by molar-refractivity contribution is 5.70. The molecular weight excluding hydrogens is 278 g/mol. The Labute approximate surface area is 130 Å². The summed E-state index contributed by atoms with van der Waals surface area (Å²) in [5, 5.41) is 0. The number of aryl methyl sites for hydroxylation is 1. The van der Waals surface area contributed by atoms with Gasteiger partial charge in [-0.2, -0.15) is 0 Å². The van der Waals surface area contributed by atoms with Gasteiger partial charge in [-0.25, -0.2) is 0 Å². The summed E-state index contributed by atoms with van der Waals surface area (Å²) in [5.74, 6) is 1.28. The normalized spacial score (nSPS) is 11.8. The number of esters is 1. The third-order valence-corrected chi connectivity index (χ3v) is 3.32. The van der Waals surface area contributed by atoms with Crippen molar-refractivity contribution in [3.05, 3.63) is 59.7 Å². The van der Waals surface area contributed by atoms with E-state index in [9.17, 15) is 4.79 Å². The lowest BCUT2D eigenvalue weighted by molar-refractivity contribution is -0.143. The van der Waals surface area contributed by atoms with E-state index in [2.05, 4.69) is 0 Å². The van der Waals surface area contributed by atoms with Crippen LogP contribution < -0.4 is 10.5 Å². The average Bonchev–Trinajstić information content (AvgIpc) is 2.50. The number of rotatable bonds is 6. The van der Waals surface area contributed by atoms with Gasteiger partial charge in [-0.05, 0) is 43.2 Å². The van der Waals surface area contributed by atoms with Crippen LogP contribution in [0.25, 0.3) is 0 Å². The standard InChI is InChI=1S/C18H21NO3/c1-3-21-18(20)12-16(19)14-8-10-15(11-9-14)22-17-7-5-4-6-13(17)2/h4-11,16H,3,12,19H2,1-2H3. The molecule has 0 amide bonds. The van der Waals surface area contributed by atoms with Gasteiger partial charge in [0, 0.05) is 6.04 Å². The van der Waals surface area contributed by atoms with Crippen LogP contribution in [0.1, 0.15) is 30.5 Å². The van der Waals surface area contributed by atoms with Crippen molar-refractivity contribution in [3.8, 4) is 11.5 Å². The zero-order valence-electron chi connectivity index (χ0n) is 12.9. The second-order valence-electron chi connectivity index (χ2n) is 5.05. The fraction of sp³-hybridized carbons (Fsp3) is 0.278. The highest BCUT2D eigenvalue weighted by Crippen LogP contribution is 2.26. The second kappa shape index (κ2) is 7.61. The van der Waals surface area contributed by atoms with Gasteiger partial charge in [-0.15, -0.1) is 0 Å². The Morgan fingerprint density at radius 2 is 1.82 bits per heavy atom. The first-order valence-corrected chi connectivity index (χ1v) is 7.34. The number of ether oxygens (including phenoxy) is 2. The highest BCUT2D eigenvalue weighted by atomic mass is 16.5. The molecule has 0 spiro atoms. The van der Waals surface area contributed by atoms with E-state index in [1.165, 1.54) is 0 Å². The van der Waals surface area contributed by atoms with Crippen molar-refractivity contribution in [1.82, 2.24) is 0 Å². The van der Waals surface area contributed by atoms with E-state index in [0.29, 0.717) is 6.61 Å². The lowest BCUT2D eigenvalue weighted by Crippen LogP contribution is -2.17. The average molecular weight is 299 g/mol. The van der Waals surface area contributed by atoms with Crippen LogP contribution in [0.5, 0.6) is 11.5 Å². The minimum atomic E-state index is -0.369. The largest absolute Gasteiger partial charge is 0.466 e. The molecule has 0 saturated heterocycles. The van der Waals surface area contributed by atoms with Gasteiger partial charge in [0.25, 0.3) is 0 Å². The summed E-state index contributed by atoms with van der Waals surface area (Å²) in [4.78, 5) is 11.4. The molecule has 0 aromatic heterocycles. The quantitative estimate of drug-likeness (QED) is 0.825. The van der Waals surface area contributed by atoms with Crippen LogP contribution in [0.15, 0.2) is 48.5 Å². The summed E-state index contributed by atoms with van der Waals surface area (Å²) in [6, 6.07) is 14.9. The Kier molecular flexibility index (Phi) is 5.55. The van der Waals surface area contributed by atoms with Crippen LogP contribution in [0.2, 0.25) is 0 Å². The topological polar surface area (TPSA) is 61.5 Å². The van der Waals surface area contributed by atoms with Crippen LogP contribution in [0.4, 0.5) is 0 Å². The zero-order valence-corrected chi connectivity index (χ0v) is 12.9. The van der Waals surface area contributed by atoms with Crippen LogP contribution in [0, 0.1) is 6.92 Å². The van der Waals surface area contributed by atoms with E-state index < -0.39 is 0 Å². The number of para-hydroxylation sites is 1. The van der Waals surface area contributed by atoms with Gasteiger partial charge in [-0.1, -0.05) is 30.3 Å². The van der Waals surface area contributed by atoms with E-state index >= 15 is 0 Å². The summed E-state index contributed by atoms with van der Waals surface area (Å²) in [6.07, 6.45) is 0.172. The summed E-state index contributed by atoms with van der Waals surface area (Å²) >= 11 is 0. The molecule has 1 unspecified atom stereocenters. The summed E-state index contributed by atoms with van der Waals surface area (Å²) in [7, 11) is 0. The van der Waals surface area contributed by atoms with E-state index in [4.69, 9.17) is 15.2 Å². The monoisotopic (exact) mass is 299 g/mol. The molecule has 4 nitrogen and oxygen atoms in total. The van der Waals surface area contributed by atoms with Gasteiger partial charge < -0.3 is 15.2 Å². The molecule has 0 heterocycles. The third-order valence-electron chi connectivity index (χ3n) is 3.32. The summed E-state index contributed by atoms with van der Waals surface area (Å²) < 4.78 is 10.7. The van der Waals surface area contributed by atoms with Crippen molar-refractivity contribution in [2.45, 2.75) is 26.3 Å². The van der Waals surface area contributed by atoms with Gasteiger partial charge in [0.2, 0.25) is 0 Å². The number of carbonyl (C=O) groups is 1. The lowest BCUT2D eigenvalue weighted by atomic mass is 10.0. The second-order valence-corrected chi connectivity index (χ2v) is 5.05. The van der Waals surface area contributed by atoms with Crippen molar-refractivity contribution in [2.24, 2.45) is 5.73 Å². The molecule has 2 aromatic rings. The van der Waals surface area contributed by atoms with Crippen LogP contribution >= 0.6 is 0 Å². The van der Waals surface area contributed by atoms with Gasteiger partial charge in [0.05, 0.1) is 13.0 Å². The number of benzene rings is 2. The first-order valence-electron chi connectivity index (χ1n) is 7.34. The molecule has 0 saturated carbocycles. The first-order chi connectivity index (χ1) is 10.6. The molecule has 0 fully saturated rings. The molecule has 2 N–H and O–H groups in total. The van der Waals surface area contributed by atoms with Gasteiger partial charge >= 0.3 is 5.97 Å².